The number of aliphatic imine (C=N–C) groups is 1. The van der Waals surface area contributed by atoms with Gasteiger partial charge >= 0.3 is 0 Å². The Balaban J connectivity index is 1.46. The normalized spacial score (nSPS) is 19.5. The van der Waals surface area contributed by atoms with Gasteiger partial charge < -0.3 is 20.0 Å². The molecule has 132 valence electrons. The molecule has 1 N–H and O–H groups in total. The number of guanidine groups is 1. The summed E-state index contributed by atoms with van der Waals surface area (Å²) >= 11 is 1.79. The van der Waals surface area contributed by atoms with E-state index in [4.69, 9.17) is 0 Å². The molecule has 7 heteroatoms. The van der Waals surface area contributed by atoms with Gasteiger partial charge in [0.1, 0.15) is 0 Å². The van der Waals surface area contributed by atoms with Crippen molar-refractivity contribution >= 4 is 28.2 Å². The molecule has 2 aliphatic heterocycles. The Bertz CT molecular complexity index is 545. The summed E-state index contributed by atoms with van der Waals surface area (Å²) in [5, 5.41) is 6.71. The minimum absolute atomic E-state index is 0.188. The Labute approximate surface area is 148 Å². The fraction of sp³-hybridized carbons (Fsp3) is 0.647. The zero-order chi connectivity index (χ0) is 16.8. The van der Waals surface area contributed by atoms with Crippen LogP contribution in [0.15, 0.2) is 22.5 Å². The number of rotatable bonds is 3. The first-order valence-electron chi connectivity index (χ1n) is 8.80. The molecule has 6 nitrogen and oxygen atoms in total. The predicted octanol–water partition coefficient (Wildman–Crippen LogP) is 1.46. The molecule has 0 unspecified atom stereocenters. The molecule has 24 heavy (non-hydrogen) atoms. The van der Waals surface area contributed by atoms with Crippen molar-refractivity contribution in [2.24, 2.45) is 4.99 Å². The highest BCUT2D eigenvalue weighted by atomic mass is 32.1. The number of likely N-dealkylation sites (tertiary alicyclic amines) is 1. The third-order valence-corrected chi connectivity index (χ3v) is 5.64. The number of piperazine rings is 1. The third-order valence-electron chi connectivity index (χ3n) is 4.72. The molecule has 0 aromatic carbocycles. The van der Waals surface area contributed by atoms with Crippen LogP contribution >= 0.6 is 11.3 Å². The molecular formula is C17H27N5OS. The van der Waals surface area contributed by atoms with Gasteiger partial charge in [0.25, 0.3) is 0 Å². The number of carbonyl (C=O) groups is 1. The van der Waals surface area contributed by atoms with Crippen LogP contribution in [0.25, 0.3) is 0 Å². The summed E-state index contributed by atoms with van der Waals surface area (Å²) in [6, 6.07) is 4.27. The number of amides is 1. The van der Waals surface area contributed by atoms with Gasteiger partial charge in [-0.25, -0.2) is 0 Å². The average Bonchev–Trinajstić information content (AvgIpc) is 3.18. The molecule has 0 atom stereocenters. The van der Waals surface area contributed by atoms with Crippen LogP contribution in [0.4, 0.5) is 5.00 Å². The van der Waals surface area contributed by atoms with Gasteiger partial charge in [-0.05, 0) is 36.8 Å². The van der Waals surface area contributed by atoms with E-state index >= 15 is 0 Å². The molecule has 1 aromatic rings. The van der Waals surface area contributed by atoms with Gasteiger partial charge in [0.2, 0.25) is 5.91 Å². The number of hydrogen-bond donors (Lipinski definition) is 1. The Kier molecular flexibility index (Phi) is 5.96. The van der Waals surface area contributed by atoms with Crippen LogP contribution in [0.5, 0.6) is 0 Å². The summed E-state index contributed by atoms with van der Waals surface area (Å²) in [6.45, 7) is 5.97. The molecule has 0 radical (unpaired) electrons. The van der Waals surface area contributed by atoms with Crippen LogP contribution in [-0.2, 0) is 4.79 Å². The van der Waals surface area contributed by atoms with E-state index in [0.717, 1.165) is 58.1 Å². The van der Waals surface area contributed by atoms with E-state index in [2.05, 4.69) is 37.6 Å². The summed E-state index contributed by atoms with van der Waals surface area (Å²) in [5.41, 5.74) is 0. The third kappa shape index (κ3) is 4.20. The van der Waals surface area contributed by atoms with Gasteiger partial charge in [-0.1, -0.05) is 0 Å². The molecule has 0 bridgehead atoms. The Morgan fingerprint density at radius 3 is 2.50 bits per heavy atom. The lowest BCUT2D eigenvalue weighted by Gasteiger charge is -2.37. The molecule has 3 rings (SSSR count). The molecule has 2 saturated heterocycles. The highest BCUT2D eigenvalue weighted by Crippen LogP contribution is 2.22. The van der Waals surface area contributed by atoms with Gasteiger partial charge in [-0.3, -0.25) is 9.79 Å². The standard InChI is InChI=1S/C17H27N5OS/c1-18-17(19-14-15(23)20-7-3-2-4-8-20)22-11-9-21(10-12-22)16-6-5-13-24-16/h5-6,13H,2-4,7-12,14H2,1H3,(H,18,19). The van der Waals surface area contributed by atoms with Gasteiger partial charge in [0.15, 0.2) is 5.96 Å². The maximum Gasteiger partial charge on any atom is 0.241 e. The Morgan fingerprint density at radius 1 is 1.12 bits per heavy atom. The molecule has 0 saturated carbocycles. The van der Waals surface area contributed by atoms with Gasteiger partial charge in [0.05, 0.1) is 11.5 Å². The second-order valence-electron chi connectivity index (χ2n) is 6.27. The number of thiophene rings is 1. The zero-order valence-electron chi connectivity index (χ0n) is 14.4. The van der Waals surface area contributed by atoms with Crippen molar-refractivity contribution in [1.82, 2.24) is 15.1 Å². The van der Waals surface area contributed by atoms with Crippen molar-refractivity contribution in [3.63, 3.8) is 0 Å². The lowest BCUT2D eigenvalue weighted by atomic mass is 10.1. The first-order chi connectivity index (χ1) is 11.8. The van der Waals surface area contributed by atoms with E-state index in [1.54, 1.807) is 18.4 Å². The van der Waals surface area contributed by atoms with Crippen LogP contribution in [0.3, 0.4) is 0 Å². The van der Waals surface area contributed by atoms with Gasteiger partial charge in [-0.2, -0.15) is 0 Å². The molecule has 3 heterocycles. The van der Waals surface area contributed by atoms with Crippen molar-refractivity contribution in [2.75, 3.05) is 57.8 Å². The van der Waals surface area contributed by atoms with E-state index in [9.17, 15) is 4.79 Å². The maximum absolute atomic E-state index is 12.3. The molecule has 2 aliphatic rings. The first kappa shape index (κ1) is 17.1. The monoisotopic (exact) mass is 349 g/mol. The summed E-state index contributed by atoms with van der Waals surface area (Å²) in [7, 11) is 1.79. The second-order valence-corrected chi connectivity index (χ2v) is 7.19. The van der Waals surface area contributed by atoms with Gasteiger partial charge in [-0.15, -0.1) is 11.3 Å². The quantitative estimate of drug-likeness (QED) is 0.663. The summed E-state index contributed by atoms with van der Waals surface area (Å²) < 4.78 is 0. The van der Waals surface area contributed by atoms with Crippen molar-refractivity contribution in [1.29, 1.82) is 0 Å². The molecule has 1 amide bonds. The van der Waals surface area contributed by atoms with Crippen molar-refractivity contribution in [3.8, 4) is 0 Å². The lowest BCUT2D eigenvalue weighted by molar-refractivity contribution is -0.130. The van der Waals surface area contributed by atoms with E-state index in [1.165, 1.54) is 11.4 Å². The van der Waals surface area contributed by atoms with Crippen LogP contribution < -0.4 is 10.2 Å². The molecule has 2 fully saturated rings. The maximum atomic E-state index is 12.3. The number of hydrogen-bond acceptors (Lipinski definition) is 4. The fourth-order valence-corrected chi connectivity index (χ4v) is 4.12. The molecule has 0 spiro atoms. The van der Waals surface area contributed by atoms with Crippen LogP contribution in [0, 0.1) is 0 Å². The SMILES string of the molecule is CN=C(NCC(=O)N1CCCCC1)N1CCN(c2cccs2)CC1. The zero-order valence-corrected chi connectivity index (χ0v) is 15.2. The first-order valence-corrected chi connectivity index (χ1v) is 9.68. The molecule has 0 aliphatic carbocycles. The molecular weight excluding hydrogens is 322 g/mol. The van der Waals surface area contributed by atoms with Crippen molar-refractivity contribution < 1.29 is 4.79 Å². The van der Waals surface area contributed by atoms with E-state index in [1.807, 2.05) is 4.90 Å². The molecule has 1 aromatic heterocycles. The lowest BCUT2D eigenvalue weighted by Crippen LogP contribution is -2.54. The van der Waals surface area contributed by atoms with Crippen molar-refractivity contribution in [2.45, 2.75) is 19.3 Å². The fourth-order valence-electron chi connectivity index (χ4n) is 3.33. The number of anilines is 1. The predicted molar refractivity (Wildman–Crippen MR) is 99.9 cm³/mol. The number of nitrogens with zero attached hydrogens (tertiary/aromatic N) is 4. The van der Waals surface area contributed by atoms with Gasteiger partial charge in [0, 0.05) is 46.3 Å². The van der Waals surface area contributed by atoms with Crippen LogP contribution in [-0.4, -0.2) is 74.5 Å². The minimum Gasteiger partial charge on any atom is -0.360 e. The summed E-state index contributed by atoms with van der Waals surface area (Å²) in [6.07, 6.45) is 3.50. The minimum atomic E-state index is 0.188. The second kappa shape index (κ2) is 8.37. The number of carbonyl (C=O) groups excluding carboxylic acids is 1. The van der Waals surface area contributed by atoms with Crippen LogP contribution in [0.1, 0.15) is 19.3 Å². The topological polar surface area (TPSA) is 51.2 Å². The van der Waals surface area contributed by atoms with Crippen LogP contribution in [0.2, 0.25) is 0 Å². The Morgan fingerprint density at radius 2 is 1.88 bits per heavy atom. The Hall–Kier alpha value is -1.76. The summed E-state index contributed by atoms with van der Waals surface area (Å²) in [5.74, 6) is 1.03. The van der Waals surface area contributed by atoms with E-state index in [-0.39, 0.29) is 5.91 Å². The average molecular weight is 350 g/mol. The highest BCUT2D eigenvalue weighted by Gasteiger charge is 2.22. The van der Waals surface area contributed by atoms with E-state index < -0.39 is 0 Å². The smallest absolute Gasteiger partial charge is 0.241 e. The highest BCUT2D eigenvalue weighted by molar-refractivity contribution is 7.14. The largest absolute Gasteiger partial charge is 0.360 e. The number of nitrogens with one attached hydrogen (secondary N) is 1. The summed E-state index contributed by atoms with van der Waals surface area (Å²) in [4.78, 5) is 23.3. The van der Waals surface area contributed by atoms with Crippen molar-refractivity contribution in [3.05, 3.63) is 17.5 Å². The van der Waals surface area contributed by atoms with E-state index in [0.29, 0.717) is 6.54 Å². The number of piperidine rings is 1.